The quantitative estimate of drug-likeness (QED) is 0.784. The van der Waals surface area contributed by atoms with E-state index in [-0.39, 0.29) is 0 Å². The number of fused-ring (bicyclic) bond motifs is 1. The minimum atomic E-state index is 0.359. The number of morpholine rings is 1. The van der Waals surface area contributed by atoms with Gasteiger partial charge in [-0.1, -0.05) is 0 Å². The van der Waals surface area contributed by atoms with Crippen molar-refractivity contribution in [1.82, 2.24) is 10.2 Å². The van der Waals surface area contributed by atoms with Crippen LogP contribution in [0.15, 0.2) is 0 Å². The van der Waals surface area contributed by atoms with Gasteiger partial charge in [-0.15, -0.1) is 0 Å². The van der Waals surface area contributed by atoms with E-state index in [0.717, 1.165) is 32.7 Å². The molecule has 1 N–H and O–H groups in total. The summed E-state index contributed by atoms with van der Waals surface area (Å²) in [6.07, 6.45) is 4.55. The second-order valence-electron chi connectivity index (χ2n) is 5.63. The molecule has 0 spiro atoms. The van der Waals surface area contributed by atoms with Gasteiger partial charge in [0.15, 0.2) is 0 Å². The summed E-state index contributed by atoms with van der Waals surface area (Å²) in [7, 11) is 0. The van der Waals surface area contributed by atoms with Crippen molar-refractivity contribution in [3.05, 3.63) is 0 Å². The first-order chi connectivity index (χ1) is 8.33. The highest BCUT2D eigenvalue weighted by Crippen LogP contribution is 2.22. The average molecular weight is 240 g/mol. The maximum absolute atomic E-state index is 5.94. The van der Waals surface area contributed by atoms with E-state index in [0.29, 0.717) is 24.3 Å². The van der Waals surface area contributed by atoms with Gasteiger partial charge in [-0.25, -0.2) is 0 Å². The summed E-state index contributed by atoms with van der Waals surface area (Å²) in [6.45, 7) is 7.35. The molecule has 0 aromatic rings. The topological polar surface area (TPSA) is 33.7 Å². The first-order valence-electron chi connectivity index (χ1n) is 7.03. The molecule has 0 bridgehead atoms. The largest absolute Gasteiger partial charge is 0.377 e. The molecule has 4 nitrogen and oxygen atoms in total. The highest BCUT2D eigenvalue weighted by Gasteiger charge is 2.33. The predicted molar refractivity (Wildman–Crippen MR) is 66.2 cm³/mol. The summed E-state index contributed by atoms with van der Waals surface area (Å²) in [5.74, 6) is 0. The van der Waals surface area contributed by atoms with Crippen molar-refractivity contribution < 1.29 is 9.47 Å². The monoisotopic (exact) mass is 240 g/mol. The number of hydrogen-bond donors (Lipinski definition) is 1. The second-order valence-corrected chi connectivity index (χ2v) is 5.63. The molecule has 3 aliphatic heterocycles. The minimum Gasteiger partial charge on any atom is -0.377 e. The van der Waals surface area contributed by atoms with E-state index < -0.39 is 0 Å². The molecule has 0 aliphatic carbocycles. The number of hydrogen-bond acceptors (Lipinski definition) is 4. The van der Waals surface area contributed by atoms with Gasteiger partial charge in [0.2, 0.25) is 0 Å². The van der Waals surface area contributed by atoms with Crippen molar-refractivity contribution in [3.8, 4) is 0 Å². The van der Waals surface area contributed by atoms with Crippen LogP contribution in [0, 0.1) is 0 Å². The van der Waals surface area contributed by atoms with Gasteiger partial charge >= 0.3 is 0 Å². The Balaban J connectivity index is 1.43. The van der Waals surface area contributed by atoms with Gasteiger partial charge in [0.05, 0.1) is 18.8 Å². The summed E-state index contributed by atoms with van der Waals surface area (Å²) in [5, 5.41) is 3.60. The summed E-state index contributed by atoms with van der Waals surface area (Å²) in [4.78, 5) is 2.60. The van der Waals surface area contributed by atoms with Crippen molar-refractivity contribution >= 4 is 0 Å². The van der Waals surface area contributed by atoms with E-state index in [1.165, 1.54) is 19.4 Å². The molecule has 3 rings (SSSR count). The zero-order chi connectivity index (χ0) is 11.7. The number of rotatable bonds is 3. The molecular weight excluding hydrogens is 216 g/mol. The van der Waals surface area contributed by atoms with Crippen LogP contribution in [0.1, 0.15) is 26.2 Å². The lowest BCUT2D eigenvalue weighted by molar-refractivity contribution is -0.0485. The van der Waals surface area contributed by atoms with Crippen LogP contribution in [-0.4, -0.2) is 62.0 Å². The zero-order valence-electron chi connectivity index (χ0n) is 10.7. The van der Waals surface area contributed by atoms with Gasteiger partial charge < -0.3 is 14.8 Å². The zero-order valence-corrected chi connectivity index (χ0v) is 10.7. The van der Waals surface area contributed by atoms with E-state index in [9.17, 15) is 0 Å². The Morgan fingerprint density at radius 2 is 2.24 bits per heavy atom. The van der Waals surface area contributed by atoms with Crippen LogP contribution < -0.4 is 5.32 Å². The number of nitrogens with zero attached hydrogens (tertiary/aromatic N) is 1. The van der Waals surface area contributed by atoms with Crippen LogP contribution >= 0.6 is 0 Å². The molecule has 0 aromatic heterocycles. The third-order valence-electron chi connectivity index (χ3n) is 4.45. The Morgan fingerprint density at radius 1 is 1.29 bits per heavy atom. The molecule has 4 unspecified atom stereocenters. The van der Waals surface area contributed by atoms with E-state index in [2.05, 4.69) is 17.1 Å². The second kappa shape index (κ2) is 5.22. The Labute approximate surface area is 104 Å². The fraction of sp³-hybridized carbons (Fsp3) is 1.00. The van der Waals surface area contributed by atoms with Crippen molar-refractivity contribution in [2.75, 3.05) is 32.8 Å². The van der Waals surface area contributed by atoms with Gasteiger partial charge in [-0.05, 0) is 32.7 Å². The van der Waals surface area contributed by atoms with Gasteiger partial charge in [0, 0.05) is 31.8 Å². The fourth-order valence-corrected chi connectivity index (χ4v) is 3.29. The molecule has 0 amide bonds. The van der Waals surface area contributed by atoms with E-state index in [4.69, 9.17) is 9.47 Å². The molecule has 17 heavy (non-hydrogen) atoms. The maximum Gasteiger partial charge on any atom is 0.0827 e. The Kier molecular flexibility index (Phi) is 3.66. The van der Waals surface area contributed by atoms with Crippen molar-refractivity contribution in [2.24, 2.45) is 0 Å². The molecule has 98 valence electrons. The molecule has 3 heterocycles. The SMILES string of the molecule is CC1OCCC1NCC1CN2CCCC2CO1. The third kappa shape index (κ3) is 2.65. The van der Waals surface area contributed by atoms with E-state index in [1.807, 2.05) is 0 Å². The van der Waals surface area contributed by atoms with Crippen LogP contribution in [0.4, 0.5) is 0 Å². The van der Waals surface area contributed by atoms with Crippen LogP contribution in [0.2, 0.25) is 0 Å². The lowest BCUT2D eigenvalue weighted by atomic mass is 10.1. The van der Waals surface area contributed by atoms with E-state index in [1.54, 1.807) is 0 Å². The highest BCUT2D eigenvalue weighted by atomic mass is 16.5. The van der Waals surface area contributed by atoms with E-state index >= 15 is 0 Å². The summed E-state index contributed by atoms with van der Waals surface area (Å²) in [5.41, 5.74) is 0. The summed E-state index contributed by atoms with van der Waals surface area (Å²) >= 11 is 0. The first-order valence-corrected chi connectivity index (χ1v) is 7.03. The summed E-state index contributed by atoms with van der Waals surface area (Å²) < 4.78 is 11.5. The Morgan fingerprint density at radius 3 is 3.06 bits per heavy atom. The molecule has 3 saturated heterocycles. The average Bonchev–Trinajstić information content (AvgIpc) is 2.94. The molecular formula is C13H24N2O2. The predicted octanol–water partition coefficient (Wildman–Crippen LogP) is 0.617. The van der Waals surface area contributed by atoms with Gasteiger partial charge in [0.1, 0.15) is 0 Å². The molecule has 0 radical (unpaired) electrons. The number of ether oxygens (including phenoxy) is 2. The molecule has 3 aliphatic rings. The molecule has 0 saturated carbocycles. The standard InChI is InChI=1S/C13H24N2O2/c1-10-13(4-6-16-10)14-7-12-8-15-5-2-3-11(15)9-17-12/h10-14H,2-9H2,1H3. The summed E-state index contributed by atoms with van der Waals surface area (Å²) in [6, 6.07) is 1.23. The van der Waals surface area contributed by atoms with Crippen molar-refractivity contribution in [2.45, 2.75) is 50.5 Å². The Bertz CT molecular complexity index is 262. The smallest absolute Gasteiger partial charge is 0.0827 e. The molecule has 4 heteroatoms. The lowest BCUT2D eigenvalue weighted by Gasteiger charge is -2.35. The van der Waals surface area contributed by atoms with Gasteiger partial charge in [-0.2, -0.15) is 0 Å². The first kappa shape index (κ1) is 11.9. The third-order valence-corrected chi connectivity index (χ3v) is 4.45. The maximum atomic E-state index is 5.94. The Hall–Kier alpha value is -0.160. The van der Waals surface area contributed by atoms with Crippen LogP contribution in [0.5, 0.6) is 0 Å². The molecule has 0 aromatic carbocycles. The lowest BCUT2D eigenvalue weighted by Crippen LogP contribution is -2.51. The van der Waals surface area contributed by atoms with Gasteiger partial charge in [-0.3, -0.25) is 4.90 Å². The minimum absolute atomic E-state index is 0.359. The fourth-order valence-electron chi connectivity index (χ4n) is 3.29. The van der Waals surface area contributed by atoms with Gasteiger partial charge in [0.25, 0.3) is 0 Å². The molecule has 4 atom stereocenters. The number of nitrogens with one attached hydrogen (secondary N) is 1. The molecule has 3 fully saturated rings. The van der Waals surface area contributed by atoms with Crippen LogP contribution in [0.25, 0.3) is 0 Å². The van der Waals surface area contributed by atoms with Crippen LogP contribution in [-0.2, 0) is 9.47 Å². The normalized spacial score (nSPS) is 42.9. The van der Waals surface area contributed by atoms with Crippen molar-refractivity contribution in [3.63, 3.8) is 0 Å². The van der Waals surface area contributed by atoms with Crippen LogP contribution in [0.3, 0.4) is 0 Å². The highest BCUT2D eigenvalue weighted by molar-refractivity contribution is 4.87. The van der Waals surface area contributed by atoms with Crippen molar-refractivity contribution in [1.29, 1.82) is 0 Å².